The Morgan fingerprint density at radius 2 is 0.571 bits per heavy atom. The summed E-state index contributed by atoms with van der Waals surface area (Å²) in [5.41, 5.74) is 3.45. The van der Waals surface area contributed by atoms with E-state index in [9.17, 15) is 28.8 Å². The number of carbonyl (C=O) groups excluding carboxylic acids is 6. The topological polar surface area (TPSA) is 212 Å². The largest absolute Gasteiger partial charge is 0.445 e. The SMILES string of the molecule is O=C(NCCCC[C@@H](NC(=O)OCc1ccccc1)C(=O)NCCCCCCCCCCNC(=O)[C@@H](CCCCNC(=O)OCc1ccccc1)NC(=O)OCc1ccccc1)OCc1ccccc1. The van der Waals surface area contributed by atoms with Gasteiger partial charge in [-0.15, -0.1) is 0 Å². The molecule has 0 saturated carbocycles. The van der Waals surface area contributed by atoms with Crippen molar-refractivity contribution in [2.75, 3.05) is 26.2 Å². The molecule has 16 nitrogen and oxygen atoms in total. The van der Waals surface area contributed by atoms with E-state index in [0.29, 0.717) is 64.7 Å². The lowest BCUT2D eigenvalue weighted by Crippen LogP contribution is -2.47. The van der Waals surface area contributed by atoms with Gasteiger partial charge in [0, 0.05) is 26.2 Å². The Balaban J connectivity index is 1.07. The van der Waals surface area contributed by atoms with Crippen molar-refractivity contribution in [1.82, 2.24) is 31.9 Å². The Morgan fingerprint density at radius 3 is 0.886 bits per heavy atom. The second-order valence-corrected chi connectivity index (χ2v) is 16.9. The molecular weight excluding hydrogens is 893 g/mol. The fourth-order valence-electron chi connectivity index (χ4n) is 7.21. The normalized spacial score (nSPS) is 11.5. The van der Waals surface area contributed by atoms with Gasteiger partial charge >= 0.3 is 24.4 Å². The molecule has 0 spiro atoms. The van der Waals surface area contributed by atoms with Crippen LogP contribution < -0.4 is 31.9 Å². The van der Waals surface area contributed by atoms with Crippen LogP contribution in [0.15, 0.2) is 121 Å². The maximum Gasteiger partial charge on any atom is 0.408 e. The van der Waals surface area contributed by atoms with E-state index in [1.165, 1.54) is 0 Å². The molecule has 16 heteroatoms. The summed E-state index contributed by atoms with van der Waals surface area (Å²) in [5.74, 6) is -0.564. The number of rotatable bonds is 33. The van der Waals surface area contributed by atoms with Gasteiger partial charge in [-0.1, -0.05) is 160 Å². The molecule has 0 unspecified atom stereocenters. The van der Waals surface area contributed by atoms with Gasteiger partial charge in [0.15, 0.2) is 0 Å². The van der Waals surface area contributed by atoms with Gasteiger partial charge in [0.25, 0.3) is 0 Å². The summed E-state index contributed by atoms with van der Waals surface area (Å²) < 4.78 is 21.3. The van der Waals surface area contributed by atoms with Crippen molar-refractivity contribution in [3.05, 3.63) is 144 Å². The van der Waals surface area contributed by atoms with Crippen molar-refractivity contribution in [1.29, 1.82) is 0 Å². The van der Waals surface area contributed by atoms with Gasteiger partial charge in [0.1, 0.15) is 38.5 Å². The summed E-state index contributed by atoms with van der Waals surface area (Å²) in [7, 11) is 0. The van der Waals surface area contributed by atoms with Gasteiger partial charge in [-0.2, -0.15) is 0 Å². The molecule has 0 heterocycles. The minimum absolute atomic E-state index is 0.0825. The number of ether oxygens (including phenoxy) is 4. The highest BCUT2D eigenvalue weighted by atomic mass is 16.6. The Hall–Kier alpha value is -7.10. The second kappa shape index (κ2) is 35.1. The molecule has 4 aromatic rings. The molecule has 70 heavy (non-hydrogen) atoms. The number of hydrogen-bond donors (Lipinski definition) is 6. The van der Waals surface area contributed by atoms with E-state index in [4.69, 9.17) is 18.9 Å². The van der Waals surface area contributed by atoms with Crippen LogP contribution in [0.3, 0.4) is 0 Å². The zero-order chi connectivity index (χ0) is 49.7. The Kier molecular flexibility index (Phi) is 27.8. The third kappa shape index (κ3) is 25.9. The van der Waals surface area contributed by atoms with Gasteiger partial charge in [0.2, 0.25) is 11.8 Å². The summed E-state index contributed by atoms with van der Waals surface area (Å²) in [6.07, 6.45) is 8.25. The zero-order valence-electron chi connectivity index (χ0n) is 40.3. The lowest BCUT2D eigenvalue weighted by molar-refractivity contribution is -0.124. The van der Waals surface area contributed by atoms with E-state index < -0.39 is 36.5 Å². The number of hydrogen-bond acceptors (Lipinski definition) is 10. The first kappa shape index (κ1) is 55.5. The summed E-state index contributed by atoms with van der Waals surface area (Å²) in [4.78, 5) is 76.0. The number of carbonyl (C=O) groups is 6. The van der Waals surface area contributed by atoms with Crippen LogP contribution in [0, 0.1) is 0 Å². The minimum Gasteiger partial charge on any atom is -0.445 e. The van der Waals surface area contributed by atoms with Crippen molar-refractivity contribution < 1.29 is 47.7 Å². The van der Waals surface area contributed by atoms with Gasteiger partial charge < -0.3 is 50.8 Å². The molecule has 0 aliphatic carbocycles. The molecule has 0 radical (unpaired) electrons. The van der Waals surface area contributed by atoms with Gasteiger partial charge in [-0.25, -0.2) is 19.2 Å². The number of benzene rings is 4. The Labute approximate surface area is 412 Å². The molecular formula is C54H72N6O10. The Bertz CT molecular complexity index is 1930. The summed E-state index contributed by atoms with van der Waals surface area (Å²) in [6, 6.07) is 35.8. The maximum absolute atomic E-state index is 13.2. The highest BCUT2D eigenvalue weighted by molar-refractivity contribution is 5.86. The van der Waals surface area contributed by atoms with Crippen molar-refractivity contribution in [3.63, 3.8) is 0 Å². The van der Waals surface area contributed by atoms with Crippen LogP contribution in [0.2, 0.25) is 0 Å². The van der Waals surface area contributed by atoms with Crippen LogP contribution in [0.4, 0.5) is 19.2 Å². The predicted octanol–water partition coefficient (Wildman–Crippen LogP) is 9.12. The molecule has 4 aromatic carbocycles. The van der Waals surface area contributed by atoms with E-state index in [1.54, 1.807) is 0 Å². The molecule has 0 saturated heterocycles. The fraction of sp³-hybridized carbons (Fsp3) is 0.444. The first-order valence-electron chi connectivity index (χ1n) is 24.6. The number of nitrogens with one attached hydrogen (secondary N) is 6. The molecule has 0 aliphatic rings. The smallest absolute Gasteiger partial charge is 0.408 e. The van der Waals surface area contributed by atoms with Crippen LogP contribution in [0.1, 0.15) is 112 Å². The van der Waals surface area contributed by atoms with Gasteiger partial charge in [-0.05, 0) is 73.6 Å². The molecule has 2 atom stereocenters. The quantitative estimate of drug-likeness (QED) is 0.0197. The zero-order valence-corrected chi connectivity index (χ0v) is 40.3. The van der Waals surface area contributed by atoms with Crippen LogP contribution in [0.5, 0.6) is 0 Å². The molecule has 4 rings (SSSR count). The average molecular weight is 965 g/mol. The number of alkyl carbamates (subject to hydrolysis) is 4. The summed E-state index contributed by atoms with van der Waals surface area (Å²) in [6.45, 7) is 2.20. The van der Waals surface area contributed by atoms with Crippen LogP contribution in [-0.4, -0.2) is 74.5 Å². The lowest BCUT2D eigenvalue weighted by Gasteiger charge is -2.18. The van der Waals surface area contributed by atoms with Gasteiger partial charge in [0.05, 0.1) is 0 Å². The predicted molar refractivity (Wildman–Crippen MR) is 267 cm³/mol. The molecule has 0 aromatic heterocycles. The molecule has 6 N–H and O–H groups in total. The lowest BCUT2D eigenvalue weighted by atomic mass is 10.1. The fourth-order valence-corrected chi connectivity index (χ4v) is 7.21. The summed E-state index contributed by atoms with van der Waals surface area (Å²) in [5, 5.41) is 16.8. The van der Waals surface area contributed by atoms with E-state index >= 15 is 0 Å². The second-order valence-electron chi connectivity index (χ2n) is 16.9. The number of amides is 6. The maximum atomic E-state index is 13.2. The minimum atomic E-state index is -0.793. The molecule has 0 aliphatic heterocycles. The van der Waals surface area contributed by atoms with Crippen LogP contribution in [-0.2, 0) is 55.0 Å². The molecule has 6 amide bonds. The highest BCUT2D eigenvalue weighted by Gasteiger charge is 2.22. The van der Waals surface area contributed by atoms with Crippen molar-refractivity contribution in [2.45, 2.75) is 128 Å². The van der Waals surface area contributed by atoms with E-state index in [1.807, 2.05) is 121 Å². The third-order valence-electron chi connectivity index (χ3n) is 11.1. The third-order valence-corrected chi connectivity index (χ3v) is 11.1. The van der Waals surface area contributed by atoms with E-state index in [2.05, 4.69) is 31.9 Å². The van der Waals surface area contributed by atoms with E-state index in [0.717, 1.165) is 73.6 Å². The first-order chi connectivity index (χ1) is 34.2. The monoisotopic (exact) mass is 965 g/mol. The standard InChI is InChI=1S/C54H72N6O10/c61-49(47(59-53(65)69-41-45-29-15-9-16-30-45)33-19-23-37-57-51(63)67-39-43-25-11-7-12-26-43)55-35-21-5-3-1-2-4-6-22-36-56-50(62)48(60-54(66)70-42-46-31-17-10-18-32-46)34-20-24-38-58-52(64)68-40-44-27-13-8-14-28-44/h7-18,25-32,47-48H,1-6,19-24,33-42H2,(H,55,61)(H,56,62)(H,57,63)(H,58,64)(H,59,65)(H,60,66)/t47-,48-/m1/s1. The van der Waals surface area contributed by atoms with Crippen molar-refractivity contribution in [2.24, 2.45) is 0 Å². The molecule has 0 bridgehead atoms. The first-order valence-corrected chi connectivity index (χ1v) is 24.6. The Morgan fingerprint density at radius 1 is 0.314 bits per heavy atom. The van der Waals surface area contributed by atoms with Crippen LogP contribution >= 0.6 is 0 Å². The van der Waals surface area contributed by atoms with E-state index in [-0.39, 0.29) is 38.2 Å². The van der Waals surface area contributed by atoms with Crippen molar-refractivity contribution in [3.8, 4) is 0 Å². The summed E-state index contributed by atoms with van der Waals surface area (Å²) >= 11 is 0. The van der Waals surface area contributed by atoms with Gasteiger partial charge in [-0.3, -0.25) is 9.59 Å². The van der Waals surface area contributed by atoms with Crippen LogP contribution in [0.25, 0.3) is 0 Å². The molecule has 378 valence electrons. The highest BCUT2D eigenvalue weighted by Crippen LogP contribution is 2.11. The van der Waals surface area contributed by atoms with Crippen molar-refractivity contribution >= 4 is 36.2 Å². The number of unbranched alkanes of at least 4 members (excludes halogenated alkanes) is 9. The average Bonchev–Trinajstić information content (AvgIpc) is 3.38. The molecule has 0 fully saturated rings.